The number of rotatable bonds is 2. The molecule has 13 heavy (non-hydrogen) atoms. The molecule has 0 radical (unpaired) electrons. The highest BCUT2D eigenvalue weighted by Gasteiger charge is 2.09. The highest BCUT2D eigenvalue weighted by molar-refractivity contribution is 5.44. The molecule has 0 saturated carbocycles. The molecule has 2 heterocycles. The van der Waals surface area contributed by atoms with Crippen molar-refractivity contribution in [3.8, 4) is 11.6 Å². The molecule has 0 atom stereocenters. The normalized spacial score (nSPS) is 10.6. The Bertz CT molecular complexity index is 404. The van der Waals surface area contributed by atoms with Crippen LogP contribution in [0.4, 0.5) is 0 Å². The van der Waals surface area contributed by atoms with Crippen molar-refractivity contribution in [1.82, 2.24) is 19.9 Å². The van der Waals surface area contributed by atoms with E-state index in [0.717, 1.165) is 0 Å². The maximum atomic E-state index is 5.34. The van der Waals surface area contributed by atoms with Crippen LogP contribution in [0.2, 0.25) is 0 Å². The lowest BCUT2D eigenvalue weighted by molar-refractivity contribution is 0.421. The van der Waals surface area contributed by atoms with E-state index in [1.807, 2.05) is 13.2 Å². The predicted octanol–water partition coefficient (Wildman–Crippen LogP) is -0.0712. The van der Waals surface area contributed by atoms with E-state index >= 15 is 0 Å². The Labute approximate surface area is 74.4 Å². The molecule has 0 unspecified atom stereocenters. The van der Waals surface area contributed by atoms with Crippen LogP contribution in [0.3, 0.4) is 0 Å². The summed E-state index contributed by atoms with van der Waals surface area (Å²) in [5.41, 5.74) is 6.00. The molecule has 0 aliphatic carbocycles. The van der Waals surface area contributed by atoms with Gasteiger partial charge in [0.25, 0.3) is 5.89 Å². The minimum atomic E-state index is 0.274. The molecule has 2 rings (SSSR count). The fraction of sp³-hybridized carbons (Fsp3) is 0.286. The van der Waals surface area contributed by atoms with Gasteiger partial charge in [0.15, 0.2) is 11.5 Å². The Balaban J connectivity index is 2.35. The maximum absolute atomic E-state index is 5.34. The monoisotopic (exact) mass is 179 g/mol. The minimum Gasteiger partial charge on any atom is -0.332 e. The van der Waals surface area contributed by atoms with Crippen LogP contribution in [-0.4, -0.2) is 19.9 Å². The first-order valence-corrected chi connectivity index (χ1v) is 3.82. The van der Waals surface area contributed by atoms with Crippen LogP contribution in [0.5, 0.6) is 0 Å². The van der Waals surface area contributed by atoms with E-state index in [4.69, 9.17) is 10.3 Å². The predicted molar refractivity (Wildman–Crippen MR) is 44.4 cm³/mol. The van der Waals surface area contributed by atoms with Gasteiger partial charge in [-0.05, 0) is 6.07 Å². The van der Waals surface area contributed by atoms with Crippen molar-refractivity contribution < 1.29 is 4.52 Å². The molecule has 6 heteroatoms. The summed E-state index contributed by atoms with van der Waals surface area (Å²) < 4.78 is 6.61. The lowest BCUT2D eigenvalue weighted by Gasteiger charge is -1.84. The first-order valence-electron chi connectivity index (χ1n) is 3.82. The second-order valence-corrected chi connectivity index (χ2v) is 2.59. The molecule has 0 bridgehead atoms. The van der Waals surface area contributed by atoms with E-state index in [-0.39, 0.29) is 6.54 Å². The Kier molecular flexibility index (Phi) is 1.82. The molecule has 0 aromatic carbocycles. The summed E-state index contributed by atoms with van der Waals surface area (Å²) >= 11 is 0. The number of nitrogens with two attached hydrogens (primary N) is 1. The first-order chi connectivity index (χ1) is 6.29. The molecule has 2 N–H and O–H groups in total. The van der Waals surface area contributed by atoms with E-state index in [9.17, 15) is 0 Å². The van der Waals surface area contributed by atoms with Gasteiger partial charge in [0.05, 0.1) is 6.54 Å². The number of hydrogen-bond acceptors (Lipinski definition) is 5. The van der Waals surface area contributed by atoms with E-state index < -0.39 is 0 Å². The van der Waals surface area contributed by atoms with Gasteiger partial charge in [-0.15, -0.1) is 0 Å². The molecule has 0 aliphatic heterocycles. The van der Waals surface area contributed by atoms with E-state index in [1.165, 1.54) is 0 Å². The van der Waals surface area contributed by atoms with Crippen LogP contribution >= 0.6 is 0 Å². The summed E-state index contributed by atoms with van der Waals surface area (Å²) in [5, 5.41) is 7.77. The standard InChI is InChI=1S/C7H9N5O/c1-12-3-2-5(10-12)7-9-6(4-8)11-13-7/h2-3H,4,8H2,1H3. The van der Waals surface area contributed by atoms with Crippen molar-refractivity contribution in [2.45, 2.75) is 6.54 Å². The zero-order valence-electron chi connectivity index (χ0n) is 7.14. The van der Waals surface area contributed by atoms with E-state index in [1.54, 1.807) is 10.7 Å². The molecule has 0 amide bonds. The Hall–Kier alpha value is -1.69. The highest BCUT2D eigenvalue weighted by Crippen LogP contribution is 2.12. The smallest absolute Gasteiger partial charge is 0.278 e. The Morgan fingerprint density at radius 2 is 2.46 bits per heavy atom. The highest BCUT2D eigenvalue weighted by atomic mass is 16.5. The average Bonchev–Trinajstić information content (AvgIpc) is 2.71. The molecule has 68 valence electrons. The van der Waals surface area contributed by atoms with Crippen molar-refractivity contribution in [2.75, 3.05) is 0 Å². The van der Waals surface area contributed by atoms with Crippen LogP contribution in [-0.2, 0) is 13.6 Å². The van der Waals surface area contributed by atoms with Crippen LogP contribution < -0.4 is 5.73 Å². The van der Waals surface area contributed by atoms with E-state index in [2.05, 4.69) is 15.2 Å². The van der Waals surface area contributed by atoms with E-state index in [0.29, 0.717) is 17.4 Å². The summed E-state index contributed by atoms with van der Waals surface area (Å²) in [4.78, 5) is 4.03. The third kappa shape index (κ3) is 1.43. The molecule has 0 spiro atoms. The second-order valence-electron chi connectivity index (χ2n) is 2.59. The maximum Gasteiger partial charge on any atom is 0.278 e. The summed E-state index contributed by atoms with van der Waals surface area (Å²) in [6, 6.07) is 1.80. The molecular weight excluding hydrogens is 170 g/mol. The summed E-state index contributed by atoms with van der Waals surface area (Å²) in [5.74, 6) is 0.890. The quantitative estimate of drug-likeness (QED) is 0.697. The molecule has 0 fully saturated rings. The molecule has 2 aromatic heterocycles. The lowest BCUT2D eigenvalue weighted by Crippen LogP contribution is -1.97. The van der Waals surface area contributed by atoms with Crippen LogP contribution in [0, 0.1) is 0 Å². The van der Waals surface area contributed by atoms with Crippen molar-refractivity contribution in [1.29, 1.82) is 0 Å². The fourth-order valence-corrected chi connectivity index (χ4v) is 0.970. The summed E-state index contributed by atoms with van der Waals surface area (Å²) in [7, 11) is 1.82. The Morgan fingerprint density at radius 3 is 3.00 bits per heavy atom. The molecule has 2 aromatic rings. The molecule has 6 nitrogen and oxygen atoms in total. The molecule has 0 saturated heterocycles. The molecular formula is C7H9N5O. The lowest BCUT2D eigenvalue weighted by atomic mass is 10.4. The summed E-state index contributed by atoms with van der Waals surface area (Å²) in [6.07, 6.45) is 1.81. The number of aryl methyl sites for hydroxylation is 1. The van der Waals surface area contributed by atoms with Gasteiger partial charge in [0.2, 0.25) is 0 Å². The number of aromatic nitrogens is 4. The van der Waals surface area contributed by atoms with Gasteiger partial charge in [-0.1, -0.05) is 5.16 Å². The van der Waals surface area contributed by atoms with Crippen LogP contribution in [0.1, 0.15) is 5.82 Å². The van der Waals surface area contributed by atoms with Crippen molar-refractivity contribution >= 4 is 0 Å². The number of hydrogen-bond donors (Lipinski definition) is 1. The first kappa shape index (κ1) is 7.93. The van der Waals surface area contributed by atoms with Crippen LogP contribution in [0.15, 0.2) is 16.8 Å². The zero-order valence-corrected chi connectivity index (χ0v) is 7.14. The van der Waals surface area contributed by atoms with Gasteiger partial charge >= 0.3 is 0 Å². The molecule has 0 aliphatic rings. The van der Waals surface area contributed by atoms with Gasteiger partial charge in [0, 0.05) is 13.2 Å². The fourth-order valence-electron chi connectivity index (χ4n) is 0.970. The van der Waals surface area contributed by atoms with Gasteiger partial charge in [-0.3, -0.25) is 4.68 Å². The SMILES string of the molecule is Cn1ccc(-c2nc(CN)no2)n1. The van der Waals surface area contributed by atoms with Crippen molar-refractivity contribution in [3.05, 3.63) is 18.1 Å². The third-order valence-corrected chi connectivity index (χ3v) is 1.58. The van der Waals surface area contributed by atoms with Gasteiger partial charge in [-0.2, -0.15) is 10.1 Å². The van der Waals surface area contributed by atoms with Gasteiger partial charge < -0.3 is 10.3 Å². The third-order valence-electron chi connectivity index (χ3n) is 1.58. The van der Waals surface area contributed by atoms with Gasteiger partial charge in [-0.25, -0.2) is 0 Å². The average molecular weight is 179 g/mol. The zero-order chi connectivity index (χ0) is 9.26. The summed E-state index contributed by atoms with van der Waals surface area (Å²) in [6.45, 7) is 0.274. The van der Waals surface area contributed by atoms with Crippen LogP contribution in [0.25, 0.3) is 11.6 Å². The van der Waals surface area contributed by atoms with Gasteiger partial charge in [0.1, 0.15) is 0 Å². The largest absolute Gasteiger partial charge is 0.332 e. The second kappa shape index (κ2) is 2.98. The number of nitrogens with zero attached hydrogens (tertiary/aromatic N) is 4. The van der Waals surface area contributed by atoms with Crippen molar-refractivity contribution in [2.24, 2.45) is 12.8 Å². The minimum absolute atomic E-state index is 0.274. The Morgan fingerprint density at radius 1 is 1.62 bits per heavy atom. The van der Waals surface area contributed by atoms with Crippen molar-refractivity contribution in [3.63, 3.8) is 0 Å². The topological polar surface area (TPSA) is 82.8 Å².